The number of benzene rings is 2. The van der Waals surface area contributed by atoms with Gasteiger partial charge in [-0.2, -0.15) is 13.2 Å². The Kier molecular flexibility index (Phi) is 6.01. The van der Waals surface area contributed by atoms with E-state index in [0.29, 0.717) is 29.7 Å². The van der Waals surface area contributed by atoms with E-state index in [4.69, 9.17) is 21.7 Å². The molecule has 4 rings (SSSR count). The number of anilines is 1. The number of hydrogen-bond acceptors (Lipinski definition) is 3. The summed E-state index contributed by atoms with van der Waals surface area (Å²) in [5.41, 5.74) is 1.39. The average Bonchev–Trinajstić information content (AvgIpc) is 3.26. The number of fused-ring (bicyclic) bond motifs is 1. The van der Waals surface area contributed by atoms with Gasteiger partial charge in [0.15, 0.2) is 5.11 Å². The summed E-state index contributed by atoms with van der Waals surface area (Å²) in [7, 11) is 3.18. The number of hydrogen-bond donors (Lipinski definition) is 1. The highest BCUT2D eigenvalue weighted by Crippen LogP contribution is 2.39. The first-order valence-electron chi connectivity index (χ1n) is 9.93. The van der Waals surface area contributed by atoms with Crippen LogP contribution >= 0.6 is 12.2 Å². The molecule has 1 aliphatic heterocycles. The first-order chi connectivity index (χ1) is 15.3. The molecule has 1 N–H and O–H groups in total. The molecular weight excluding hydrogens is 439 g/mol. The summed E-state index contributed by atoms with van der Waals surface area (Å²) in [6, 6.07) is 14.2. The molecule has 9 heteroatoms. The molecule has 0 aliphatic carbocycles. The van der Waals surface area contributed by atoms with Crippen LogP contribution in [0.5, 0.6) is 11.5 Å². The molecule has 0 fully saturated rings. The number of rotatable bonds is 4. The minimum Gasteiger partial charge on any atom is -0.497 e. The number of aromatic nitrogens is 1. The predicted octanol–water partition coefficient (Wildman–Crippen LogP) is 5.33. The number of nitrogens with one attached hydrogen (secondary N) is 1. The second-order valence-electron chi connectivity index (χ2n) is 7.34. The Hall–Kier alpha value is -3.20. The van der Waals surface area contributed by atoms with Gasteiger partial charge >= 0.3 is 6.18 Å². The molecule has 1 aromatic heterocycles. The number of alkyl halides is 3. The third-order valence-electron chi connectivity index (χ3n) is 5.47. The van der Waals surface area contributed by atoms with Crippen LogP contribution in [-0.2, 0) is 12.7 Å². The van der Waals surface area contributed by atoms with Crippen molar-refractivity contribution in [3.8, 4) is 11.5 Å². The standard InChI is InChI=1S/C23H22F3N3O2S/c1-30-17-8-9-20(31-2)18(14-17)21-19-7-4-10-28(19)11-12-29(21)22(32)27-16-6-3-5-15(13-16)23(24,25)26/h3-10,13-14,21H,11-12H2,1-2H3,(H,27,32)/t21-/m0/s1. The summed E-state index contributed by atoms with van der Waals surface area (Å²) in [6.45, 7) is 1.26. The molecule has 0 amide bonds. The topological polar surface area (TPSA) is 38.7 Å². The van der Waals surface area contributed by atoms with E-state index in [-0.39, 0.29) is 11.7 Å². The molecule has 168 valence electrons. The van der Waals surface area contributed by atoms with Crippen LogP contribution in [0.15, 0.2) is 60.8 Å². The van der Waals surface area contributed by atoms with Crippen molar-refractivity contribution in [2.75, 3.05) is 26.1 Å². The first-order valence-corrected chi connectivity index (χ1v) is 10.3. The van der Waals surface area contributed by atoms with E-state index in [9.17, 15) is 13.2 Å². The Morgan fingerprint density at radius 1 is 1.03 bits per heavy atom. The van der Waals surface area contributed by atoms with E-state index in [1.807, 2.05) is 41.4 Å². The Morgan fingerprint density at radius 2 is 1.84 bits per heavy atom. The minimum atomic E-state index is -4.43. The van der Waals surface area contributed by atoms with Crippen LogP contribution in [0, 0.1) is 0 Å². The van der Waals surface area contributed by atoms with Crippen LogP contribution < -0.4 is 14.8 Å². The maximum atomic E-state index is 13.1. The lowest BCUT2D eigenvalue weighted by Crippen LogP contribution is -2.44. The van der Waals surface area contributed by atoms with E-state index in [0.717, 1.165) is 23.4 Å². The van der Waals surface area contributed by atoms with Gasteiger partial charge in [-0.05, 0) is 60.7 Å². The Balaban J connectivity index is 1.71. The van der Waals surface area contributed by atoms with E-state index in [1.54, 1.807) is 20.3 Å². The van der Waals surface area contributed by atoms with Crippen molar-refractivity contribution in [2.45, 2.75) is 18.8 Å². The monoisotopic (exact) mass is 461 g/mol. The lowest BCUT2D eigenvalue weighted by Gasteiger charge is -2.39. The summed E-state index contributed by atoms with van der Waals surface area (Å²) in [4.78, 5) is 1.96. The second-order valence-corrected chi connectivity index (χ2v) is 7.73. The lowest BCUT2D eigenvalue weighted by atomic mass is 9.98. The van der Waals surface area contributed by atoms with Gasteiger partial charge in [0.1, 0.15) is 17.5 Å². The van der Waals surface area contributed by atoms with Gasteiger partial charge in [-0.25, -0.2) is 0 Å². The third kappa shape index (κ3) is 4.25. The number of thiocarbonyl (C=S) groups is 1. The number of halogens is 3. The van der Waals surface area contributed by atoms with Crippen LogP contribution in [0.3, 0.4) is 0 Å². The van der Waals surface area contributed by atoms with Crippen molar-refractivity contribution in [3.63, 3.8) is 0 Å². The Labute approximate surface area is 189 Å². The SMILES string of the molecule is COc1ccc(OC)c([C@H]2c3cccn3CCN2C(=S)Nc2cccc(C(F)(F)F)c2)c1. The zero-order valence-corrected chi connectivity index (χ0v) is 18.3. The highest BCUT2D eigenvalue weighted by atomic mass is 32.1. The summed E-state index contributed by atoms with van der Waals surface area (Å²) in [6.07, 6.45) is -2.43. The van der Waals surface area contributed by atoms with Crippen LogP contribution in [0.25, 0.3) is 0 Å². The first kappa shape index (κ1) is 22.0. The zero-order chi connectivity index (χ0) is 22.9. The normalized spacial score (nSPS) is 15.8. The van der Waals surface area contributed by atoms with Crippen LogP contribution in [0.1, 0.15) is 22.9 Å². The van der Waals surface area contributed by atoms with Crippen LogP contribution in [0.2, 0.25) is 0 Å². The van der Waals surface area contributed by atoms with Gasteiger partial charge in [-0.3, -0.25) is 0 Å². The van der Waals surface area contributed by atoms with Crippen molar-refractivity contribution in [3.05, 3.63) is 77.6 Å². The van der Waals surface area contributed by atoms with E-state index in [1.165, 1.54) is 6.07 Å². The van der Waals surface area contributed by atoms with Gasteiger partial charge in [0.25, 0.3) is 0 Å². The minimum absolute atomic E-state index is 0.280. The molecule has 0 saturated carbocycles. The van der Waals surface area contributed by atoms with E-state index in [2.05, 4.69) is 9.88 Å². The molecule has 3 aromatic rings. The number of methoxy groups -OCH3 is 2. The molecule has 0 radical (unpaired) electrons. The highest BCUT2D eigenvalue weighted by Gasteiger charge is 2.34. The number of nitrogens with zero attached hydrogens (tertiary/aromatic N) is 2. The fourth-order valence-corrected chi connectivity index (χ4v) is 4.27. The Bertz CT molecular complexity index is 1130. The molecule has 1 atom stereocenters. The van der Waals surface area contributed by atoms with E-state index < -0.39 is 11.7 Å². The molecule has 2 heterocycles. The molecule has 2 aromatic carbocycles. The maximum absolute atomic E-state index is 13.1. The molecular formula is C23H22F3N3O2S. The largest absolute Gasteiger partial charge is 0.497 e. The zero-order valence-electron chi connectivity index (χ0n) is 17.5. The fourth-order valence-electron chi connectivity index (χ4n) is 3.95. The summed E-state index contributed by atoms with van der Waals surface area (Å²) < 4.78 is 52.5. The van der Waals surface area contributed by atoms with Gasteiger partial charge in [0, 0.05) is 36.2 Å². The van der Waals surface area contributed by atoms with Gasteiger partial charge in [-0.15, -0.1) is 0 Å². The molecule has 5 nitrogen and oxygen atoms in total. The van der Waals surface area contributed by atoms with Gasteiger partial charge in [0.05, 0.1) is 19.8 Å². The van der Waals surface area contributed by atoms with Gasteiger partial charge in [-0.1, -0.05) is 6.07 Å². The molecule has 0 saturated heterocycles. The summed E-state index contributed by atoms with van der Waals surface area (Å²) >= 11 is 5.67. The summed E-state index contributed by atoms with van der Waals surface area (Å²) in [5, 5.41) is 3.31. The van der Waals surface area contributed by atoms with Crippen molar-refractivity contribution in [2.24, 2.45) is 0 Å². The van der Waals surface area contributed by atoms with Crippen LogP contribution in [-0.4, -0.2) is 35.3 Å². The molecule has 32 heavy (non-hydrogen) atoms. The van der Waals surface area contributed by atoms with Gasteiger partial charge in [0.2, 0.25) is 0 Å². The quantitative estimate of drug-likeness (QED) is 0.532. The van der Waals surface area contributed by atoms with Crippen molar-refractivity contribution in [1.29, 1.82) is 0 Å². The smallest absolute Gasteiger partial charge is 0.416 e. The third-order valence-corrected chi connectivity index (χ3v) is 5.81. The highest BCUT2D eigenvalue weighted by molar-refractivity contribution is 7.80. The average molecular weight is 462 g/mol. The lowest BCUT2D eigenvalue weighted by molar-refractivity contribution is -0.137. The van der Waals surface area contributed by atoms with Crippen molar-refractivity contribution in [1.82, 2.24) is 9.47 Å². The van der Waals surface area contributed by atoms with E-state index >= 15 is 0 Å². The van der Waals surface area contributed by atoms with Gasteiger partial charge < -0.3 is 24.3 Å². The second kappa shape index (κ2) is 8.74. The fraction of sp³-hybridized carbons (Fsp3) is 0.261. The molecule has 1 aliphatic rings. The molecule has 0 unspecified atom stereocenters. The Morgan fingerprint density at radius 3 is 2.56 bits per heavy atom. The predicted molar refractivity (Wildman–Crippen MR) is 120 cm³/mol. The van der Waals surface area contributed by atoms with Crippen molar-refractivity contribution >= 4 is 23.0 Å². The van der Waals surface area contributed by atoms with Crippen LogP contribution in [0.4, 0.5) is 18.9 Å². The summed E-state index contributed by atoms with van der Waals surface area (Å²) in [5.74, 6) is 1.33. The number of ether oxygens (including phenoxy) is 2. The van der Waals surface area contributed by atoms with Crippen molar-refractivity contribution < 1.29 is 22.6 Å². The maximum Gasteiger partial charge on any atom is 0.416 e. The molecule has 0 spiro atoms. The molecule has 0 bridgehead atoms.